The van der Waals surface area contributed by atoms with E-state index in [-0.39, 0.29) is 11.8 Å². The SMILES string of the molecule is CCOC(=O)c1ccc(NC(=O)[C@H](CSCc2ccccc2)N2Cc3ccccc3C2=O)cc1. The molecule has 0 spiro atoms. The molecule has 1 aliphatic heterocycles. The number of hydrogen-bond donors (Lipinski definition) is 1. The van der Waals surface area contributed by atoms with Crippen LogP contribution >= 0.6 is 11.8 Å². The van der Waals surface area contributed by atoms with Gasteiger partial charge in [0.05, 0.1) is 12.2 Å². The summed E-state index contributed by atoms with van der Waals surface area (Å²) in [5.74, 6) is 0.408. The maximum atomic E-state index is 13.3. The molecule has 0 radical (unpaired) electrons. The topological polar surface area (TPSA) is 75.7 Å². The number of nitrogens with zero attached hydrogens (tertiary/aromatic N) is 1. The third kappa shape index (κ3) is 5.48. The van der Waals surface area contributed by atoms with Gasteiger partial charge in [0.15, 0.2) is 0 Å². The van der Waals surface area contributed by atoms with E-state index >= 15 is 0 Å². The Morgan fingerprint density at radius 3 is 2.41 bits per heavy atom. The molecule has 0 bridgehead atoms. The van der Waals surface area contributed by atoms with E-state index in [4.69, 9.17) is 4.74 Å². The number of fused-ring (bicyclic) bond motifs is 1. The number of nitrogens with one attached hydrogen (secondary N) is 1. The highest BCUT2D eigenvalue weighted by atomic mass is 32.2. The van der Waals surface area contributed by atoms with Crippen molar-refractivity contribution in [2.45, 2.75) is 25.3 Å². The van der Waals surface area contributed by atoms with Crippen LogP contribution in [0.3, 0.4) is 0 Å². The minimum absolute atomic E-state index is 0.131. The van der Waals surface area contributed by atoms with Crippen molar-refractivity contribution >= 4 is 35.2 Å². The van der Waals surface area contributed by atoms with Crippen molar-refractivity contribution in [3.05, 3.63) is 101 Å². The zero-order chi connectivity index (χ0) is 23.9. The summed E-state index contributed by atoms with van der Waals surface area (Å²) >= 11 is 1.62. The monoisotopic (exact) mass is 474 g/mol. The lowest BCUT2D eigenvalue weighted by molar-refractivity contribution is -0.119. The van der Waals surface area contributed by atoms with Gasteiger partial charge in [0.25, 0.3) is 5.91 Å². The Hall–Kier alpha value is -3.58. The average Bonchev–Trinajstić information content (AvgIpc) is 3.19. The second-order valence-corrected chi connectivity index (χ2v) is 8.92. The van der Waals surface area contributed by atoms with E-state index in [1.807, 2.05) is 48.5 Å². The first-order valence-electron chi connectivity index (χ1n) is 11.2. The predicted molar refractivity (Wildman–Crippen MR) is 134 cm³/mol. The summed E-state index contributed by atoms with van der Waals surface area (Å²) in [4.78, 5) is 40.0. The molecular weight excluding hydrogens is 448 g/mol. The number of carbonyl (C=O) groups excluding carboxylic acids is 3. The standard InChI is InChI=1S/C27H26N2O4S/c1-2-33-27(32)20-12-14-22(15-13-20)28-25(30)24(18-34-17-19-8-4-3-5-9-19)29-16-21-10-6-7-11-23(21)26(29)31/h3-15,24H,2,16-18H2,1H3,(H,28,30)/t24-/m0/s1. The van der Waals surface area contributed by atoms with E-state index in [1.165, 1.54) is 0 Å². The quantitative estimate of drug-likeness (QED) is 0.453. The summed E-state index contributed by atoms with van der Waals surface area (Å²) in [5.41, 5.74) is 3.71. The van der Waals surface area contributed by atoms with Crippen LogP contribution in [-0.2, 0) is 21.8 Å². The zero-order valence-corrected chi connectivity index (χ0v) is 19.7. The molecule has 3 aromatic carbocycles. The van der Waals surface area contributed by atoms with Crippen molar-refractivity contribution < 1.29 is 19.1 Å². The number of thioether (sulfide) groups is 1. The van der Waals surface area contributed by atoms with Gasteiger partial charge in [-0.05, 0) is 48.4 Å². The highest BCUT2D eigenvalue weighted by Gasteiger charge is 2.36. The molecule has 1 aliphatic rings. The molecule has 0 aromatic heterocycles. The Morgan fingerprint density at radius 1 is 1.00 bits per heavy atom. The number of rotatable bonds is 9. The van der Waals surface area contributed by atoms with Crippen LogP contribution in [0.15, 0.2) is 78.9 Å². The molecule has 1 N–H and O–H groups in total. The number of hydrogen-bond acceptors (Lipinski definition) is 5. The van der Waals surface area contributed by atoms with Gasteiger partial charge in [0.2, 0.25) is 5.91 Å². The fourth-order valence-corrected chi connectivity index (χ4v) is 4.93. The first-order valence-corrected chi connectivity index (χ1v) is 12.3. The first kappa shape index (κ1) is 23.6. The molecule has 0 unspecified atom stereocenters. The zero-order valence-electron chi connectivity index (χ0n) is 18.9. The molecule has 7 heteroatoms. The molecule has 0 aliphatic carbocycles. The summed E-state index contributed by atoms with van der Waals surface area (Å²) < 4.78 is 5.00. The second-order valence-electron chi connectivity index (χ2n) is 7.89. The summed E-state index contributed by atoms with van der Waals surface area (Å²) in [6, 6.07) is 23.4. The Labute approximate surface area is 203 Å². The van der Waals surface area contributed by atoms with Gasteiger partial charge in [-0.1, -0.05) is 48.5 Å². The number of amides is 2. The maximum absolute atomic E-state index is 13.3. The highest BCUT2D eigenvalue weighted by molar-refractivity contribution is 7.98. The molecule has 3 aromatic rings. The van der Waals surface area contributed by atoms with Crippen LogP contribution in [0.1, 0.15) is 38.8 Å². The van der Waals surface area contributed by atoms with Gasteiger partial charge in [-0.25, -0.2) is 4.79 Å². The number of anilines is 1. The van der Waals surface area contributed by atoms with Gasteiger partial charge in [-0.2, -0.15) is 11.8 Å². The van der Waals surface area contributed by atoms with Gasteiger partial charge in [0, 0.05) is 29.3 Å². The molecular formula is C27H26N2O4S. The molecule has 6 nitrogen and oxygen atoms in total. The van der Waals surface area contributed by atoms with Crippen LogP contribution < -0.4 is 5.32 Å². The van der Waals surface area contributed by atoms with Crippen molar-refractivity contribution in [3.8, 4) is 0 Å². The third-order valence-electron chi connectivity index (χ3n) is 5.58. The van der Waals surface area contributed by atoms with Gasteiger partial charge in [-0.3, -0.25) is 9.59 Å². The van der Waals surface area contributed by atoms with Crippen molar-refractivity contribution in [2.75, 3.05) is 17.7 Å². The van der Waals surface area contributed by atoms with Crippen LogP contribution in [0.2, 0.25) is 0 Å². The molecule has 2 amide bonds. The van der Waals surface area contributed by atoms with Gasteiger partial charge in [0.1, 0.15) is 6.04 Å². The Morgan fingerprint density at radius 2 is 1.71 bits per heavy atom. The van der Waals surface area contributed by atoms with Crippen LogP contribution in [0.25, 0.3) is 0 Å². The molecule has 34 heavy (non-hydrogen) atoms. The molecule has 4 rings (SSSR count). The van der Waals surface area contributed by atoms with Crippen molar-refractivity contribution in [2.24, 2.45) is 0 Å². The van der Waals surface area contributed by atoms with E-state index in [9.17, 15) is 14.4 Å². The van der Waals surface area contributed by atoms with Gasteiger partial charge in [-0.15, -0.1) is 0 Å². The molecule has 0 saturated heterocycles. The van der Waals surface area contributed by atoms with E-state index < -0.39 is 12.0 Å². The van der Waals surface area contributed by atoms with Crippen LogP contribution in [0.4, 0.5) is 5.69 Å². The fourth-order valence-electron chi connectivity index (χ4n) is 3.83. The lowest BCUT2D eigenvalue weighted by atomic mass is 10.1. The first-order chi connectivity index (χ1) is 16.6. The summed E-state index contributed by atoms with van der Waals surface area (Å²) in [7, 11) is 0. The molecule has 0 fully saturated rings. The van der Waals surface area contributed by atoms with E-state index in [0.717, 1.165) is 16.9 Å². The normalized spacial score (nSPS) is 13.3. The number of ether oxygens (including phenoxy) is 1. The Balaban J connectivity index is 1.48. The maximum Gasteiger partial charge on any atom is 0.338 e. The van der Waals surface area contributed by atoms with Gasteiger partial charge >= 0.3 is 5.97 Å². The van der Waals surface area contributed by atoms with Crippen LogP contribution in [0.5, 0.6) is 0 Å². The molecule has 174 valence electrons. The van der Waals surface area contributed by atoms with Crippen LogP contribution in [-0.4, -0.2) is 41.1 Å². The highest BCUT2D eigenvalue weighted by Crippen LogP contribution is 2.27. The fraction of sp³-hybridized carbons (Fsp3) is 0.222. The smallest absolute Gasteiger partial charge is 0.338 e. The predicted octanol–water partition coefficient (Wildman–Crippen LogP) is 4.76. The van der Waals surface area contributed by atoms with E-state index in [1.54, 1.807) is 53.9 Å². The average molecular weight is 475 g/mol. The minimum Gasteiger partial charge on any atom is -0.462 e. The largest absolute Gasteiger partial charge is 0.462 e. The summed E-state index contributed by atoms with van der Waals surface area (Å²) in [5, 5.41) is 2.91. The summed E-state index contributed by atoms with van der Waals surface area (Å²) in [6.07, 6.45) is 0. The van der Waals surface area contributed by atoms with Crippen molar-refractivity contribution in [1.82, 2.24) is 4.90 Å². The van der Waals surface area contributed by atoms with E-state index in [0.29, 0.717) is 35.7 Å². The minimum atomic E-state index is -0.640. The number of benzene rings is 3. The summed E-state index contributed by atoms with van der Waals surface area (Å²) in [6.45, 7) is 2.45. The van der Waals surface area contributed by atoms with Crippen molar-refractivity contribution in [3.63, 3.8) is 0 Å². The lowest BCUT2D eigenvalue weighted by Crippen LogP contribution is -2.46. The molecule has 1 atom stereocenters. The van der Waals surface area contributed by atoms with Gasteiger partial charge < -0.3 is 15.0 Å². The third-order valence-corrected chi connectivity index (χ3v) is 6.67. The molecule has 0 saturated carbocycles. The van der Waals surface area contributed by atoms with E-state index in [2.05, 4.69) is 5.32 Å². The van der Waals surface area contributed by atoms with Crippen LogP contribution in [0, 0.1) is 0 Å². The lowest BCUT2D eigenvalue weighted by Gasteiger charge is -2.27. The van der Waals surface area contributed by atoms with Crippen molar-refractivity contribution in [1.29, 1.82) is 0 Å². The number of esters is 1. The molecule has 1 heterocycles. The Kier molecular flexibility index (Phi) is 7.65. The second kappa shape index (κ2) is 11.0. The Bertz CT molecular complexity index is 1160. The number of carbonyl (C=O) groups is 3.